The van der Waals surface area contributed by atoms with Crippen molar-refractivity contribution in [2.45, 2.75) is 24.9 Å². The molecule has 2 aromatic rings. The Balaban J connectivity index is 1.96. The number of hydrogen-bond acceptors (Lipinski definition) is 4. The third-order valence-electron chi connectivity index (χ3n) is 4.41. The molecule has 5 heteroatoms. The molecule has 0 spiro atoms. The molecule has 1 aliphatic rings. The molecule has 0 radical (unpaired) electrons. The molecule has 1 aliphatic heterocycles. The van der Waals surface area contributed by atoms with Gasteiger partial charge in [-0.05, 0) is 24.6 Å². The Morgan fingerprint density at radius 3 is 2.50 bits per heavy atom. The highest BCUT2D eigenvalue weighted by atomic mass is 16.5. The van der Waals surface area contributed by atoms with Gasteiger partial charge >= 0.3 is 5.97 Å². The highest BCUT2D eigenvalue weighted by Crippen LogP contribution is 2.42. The number of fused-ring (bicyclic) bond motifs is 1. The summed E-state index contributed by atoms with van der Waals surface area (Å²) in [6.45, 7) is 1.98. The zero-order valence-corrected chi connectivity index (χ0v) is 13.3. The number of carbonyl (C=O) groups excluding carboxylic acids is 1. The summed E-state index contributed by atoms with van der Waals surface area (Å²) in [7, 11) is 0. The Morgan fingerprint density at radius 2 is 1.83 bits per heavy atom. The van der Waals surface area contributed by atoms with Crippen LogP contribution in [-0.4, -0.2) is 29.6 Å². The van der Waals surface area contributed by atoms with Crippen LogP contribution in [0.2, 0.25) is 0 Å². The average Bonchev–Trinajstić information content (AvgIpc) is 3.00. The molecule has 0 amide bonds. The van der Waals surface area contributed by atoms with Crippen molar-refractivity contribution in [2.75, 3.05) is 6.61 Å². The predicted molar refractivity (Wildman–Crippen MR) is 87.4 cm³/mol. The molecule has 124 valence electrons. The van der Waals surface area contributed by atoms with Crippen LogP contribution in [0.15, 0.2) is 54.6 Å². The van der Waals surface area contributed by atoms with Crippen LogP contribution in [0.1, 0.15) is 18.9 Å². The van der Waals surface area contributed by atoms with Gasteiger partial charge in [-0.1, -0.05) is 43.3 Å². The maximum atomic E-state index is 13.1. The fourth-order valence-corrected chi connectivity index (χ4v) is 3.04. The monoisotopic (exact) mass is 326 g/mol. The van der Waals surface area contributed by atoms with Crippen molar-refractivity contribution in [2.24, 2.45) is 0 Å². The van der Waals surface area contributed by atoms with Crippen LogP contribution in [0.4, 0.5) is 0 Å². The molecule has 24 heavy (non-hydrogen) atoms. The van der Waals surface area contributed by atoms with E-state index in [-0.39, 0.29) is 6.61 Å². The molecule has 2 unspecified atom stereocenters. The second-order valence-corrected chi connectivity index (χ2v) is 5.73. The minimum Gasteiger partial charge on any atom is -0.492 e. The van der Waals surface area contributed by atoms with Crippen LogP contribution in [0.5, 0.6) is 11.5 Å². The topological polar surface area (TPSA) is 72.8 Å². The first-order chi connectivity index (χ1) is 11.6. The summed E-state index contributed by atoms with van der Waals surface area (Å²) < 4.78 is 11.1. The lowest BCUT2D eigenvalue weighted by Crippen LogP contribution is -2.49. The van der Waals surface area contributed by atoms with Gasteiger partial charge in [-0.25, -0.2) is 4.79 Å². The van der Waals surface area contributed by atoms with Crippen LogP contribution in [-0.2, 0) is 15.0 Å². The number of carbonyl (C=O) groups is 2. The van der Waals surface area contributed by atoms with Gasteiger partial charge in [0.25, 0.3) is 6.10 Å². The van der Waals surface area contributed by atoms with Crippen LogP contribution < -0.4 is 9.47 Å². The van der Waals surface area contributed by atoms with E-state index in [1.54, 1.807) is 36.4 Å². The first-order valence-electron chi connectivity index (χ1n) is 7.79. The minimum atomic E-state index is -1.58. The van der Waals surface area contributed by atoms with Gasteiger partial charge in [-0.3, -0.25) is 4.79 Å². The van der Waals surface area contributed by atoms with E-state index >= 15 is 0 Å². The van der Waals surface area contributed by atoms with Gasteiger partial charge in [-0.15, -0.1) is 0 Å². The molecule has 0 aromatic heterocycles. The molecule has 3 rings (SSSR count). The van der Waals surface area contributed by atoms with Gasteiger partial charge in [0.05, 0.1) is 5.41 Å². The van der Waals surface area contributed by atoms with Crippen molar-refractivity contribution < 1.29 is 24.2 Å². The van der Waals surface area contributed by atoms with Crippen molar-refractivity contribution in [1.82, 2.24) is 0 Å². The lowest BCUT2D eigenvalue weighted by molar-refractivity contribution is -0.152. The zero-order chi connectivity index (χ0) is 17.2. The van der Waals surface area contributed by atoms with Crippen LogP contribution in [0.3, 0.4) is 0 Å². The molecule has 1 N–H and O–H groups in total. The fraction of sp³-hybridized carbons (Fsp3) is 0.263. The number of rotatable bonds is 6. The molecule has 0 fully saturated rings. The average molecular weight is 326 g/mol. The van der Waals surface area contributed by atoms with E-state index in [2.05, 4.69) is 0 Å². The number of ketones is 1. The SMILES string of the molecule is CCC1(C(=O)C(Oc2ccccc2)C(=O)O)COc2ccccc21. The summed E-state index contributed by atoms with van der Waals surface area (Å²) in [4.78, 5) is 24.8. The number of para-hydroxylation sites is 2. The number of aliphatic carboxylic acids is 1. The number of Topliss-reactive ketones (excluding diaryl/α,β-unsaturated/α-hetero) is 1. The Bertz CT molecular complexity index is 755. The van der Waals surface area contributed by atoms with E-state index in [1.807, 2.05) is 25.1 Å². The van der Waals surface area contributed by atoms with Gasteiger partial charge < -0.3 is 14.6 Å². The smallest absolute Gasteiger partial charge is 0.352 e. The largest absolute Gasteiger partial charge is 0.492 e. The highest BCUT2D eigenvalue weighted by molar-refractivity contribution is 6.07. The maximum absolute atomic E-state index is 13.1. The second kappa shape index (κ2) is 6.35. The molecule has 0 bridgehead atoms. The molecule has 2 aromatic carbocycles. The number of carboxylic acid groups (broad SMARTS) is 1. The van der Waals surface area contributed by atoms with Crippen molar-refractivity contribution in [1.29, 1.82) is 0 Å². The molecular weight excluding hydrogens is 308 g/mol. The van der Waals surface area contributed by atoms with Gasteiger partial charge in [0.1, 0.15) is 18.1 Å². The quantitative estimate of drug-likeness (QED) is 0.826. The molecular formula is C19H18O5. The van der Waals surface area contributed by atoms with Crippen LogP contribution in [0.25, 0.3) is 0 Å². The summed E-state index contributed by atoms with van der Waals surface area (Å²) in [5.41, 5.74) is -0.283. The van der Waals surface area contributed by atoms with E-state index in [0.29, 0.717) is 17.9 Å². The van der Waals surface area contributed by atoms with Crippen molar-refractivity contribution in [3.63, 3.8) is 0 Å². The highest BCUT2D eigenvalue weighted by Gasteiger charge is 2.51. The third-order valence-corrected chi connectivity index (χ3v) is 4.41. The number of ether oxygens (including phenoxy) is 2. The number of benzene rings is 2. The standard InChI is InChI=1S/C19H18O5/c1-2-19(12-23-15-11-7-6-10-14(15)19)17(20)16(18(21)22)24-13-8-4-3-5-9-13/h3-11,16H,2,12H2,1H3,(H,21,22). The zero-order valence-electron chi connectivity index (χ0n) is 13.3. The Labute approximate surface area is 139 Å². The van der Waals surface area contributed by atoms with Gasteiger partial charge in [-0.2, -0.15) is 0 Å². The first-order valence-corrected chi connectivity index (χ1v) is 7.79. The van der Waals surface area contributed by atoms with Crippen LogP contribution >= 0.6 is 0 Å². The van der Waals surface area contributed by atoms with E-state index in [4.69, 9.17) is 9.47 Å². The van der Waals surface area contributed by atoms with Crippen molar-refractivity contribution in [3.8, 4) is 11.5 Å². The maximum Gasteiger partial charge on any atom is 0.352 e. The Morgan fingerprint density at radius 1 is 1.17 bits per heavy atom. The normalized spacial score (nSPS) is 19.9. The van der Waals surface area contributed by atoms with Crippen LogP contribution in [0, 0.1) is 0 Å². The lowest BCUT2D eigenvalue weighted by atomic mass is 9.74. The van der Waals surface area contributed by atoms with E-state index in [0.717, 1.165) is 5.56 Å². The summed E-state index contributed by atoms with van der Waals surface area (Å²) in [5, 5.41) is 9.54. The molecule has 0 saturated carbocycles. The molecule has 0 aliphatic carbocycles. The van der Waals surface area contributed by atoms with Gasteiger partial charge in [0.15, 0.2) is 5.78 Å². The lowest BCUT2D eigenvalue weighted by Gasteiger charge is -2.28. The summed E-state index contributed by atoms with van der Waals surface area (Å²) in [6, 6.07) is 15.7. The second-order valence-electron chi connectivity index (χ2n) is 5.73. The first kappa shape index (κ1) is 16.1. The van der Waals surface area contributed by atoms with E-state index in [9.17, 15) is 14.7 Å². The number of carboxylic acids is 1. The number of hydrogen-bond donors (Lipinski definition) is 1. The van der Waals surface area contributed by atoms with Crippen molar-refractivity contribution >= 4 is 11.8 Å². The fourth-order valence-electron chi connectivity index (χ4n) is 3.04. The van der Waals surface area contributed by atoms with Gasteiger partial charge in [0.2, 0.25) is 0 Å². The Kier molecular flexibility index (Phi) is 4.25. The summed E-state index contributed by atoms with van der Waals surface area (Å²) in [6.07, 6.45) is -1.15. The summed E-state index contributed by atoms with van der Waals surface area (Å²) >= 11 is 0. The van der Waals surface area contributed by atoms with Crippen molar-refractivity contribution in [3.05, 3.63) is 60.2 Å². The molecule has 0 saturated heterocycles. The summed E-state index contributed by atoms with van der Waals surface area (Å²) in [5.74, 6) is -0.833. The molecule has 2 atom stereocenters. The van der Waals surface area contributed by atoms with E-state index in [1.165, 1.54) is 0 Å². The van der Waals surface area contributed by atoms with E-state index < -0.39 is 23.3 Å². The predicted octanol–water partition coefficient (Wildman–Crippen LogP) is 2.83. The minimum absolute atomic E-state index is 0.129. The molecule has 5 nitrogen and oxygen atoms in total. The third kappa shape index (κ3) is 2.62. The molecule has 1 heterocycles. The Hall–Kier alpha value is -2.82. The van der Waals surface area contributed by atoms with Gasteiger partial charge in [0, 0.05) is 5.56 Å².